The first-order valence-electron chi connectivity index (χ1n) is 7.41. The van der Waals surface area contributed by atoms with Crippen LogP contribution in [0.3, 0.4) is 0 Å². The van der Waals surface area contributed by atoms with Crippen LogP contribution in [-0.2, 0) is 11.2 Å². The molecule has 0 atom stereocenters. The standard InChI is InChI=1S/C18H20N2O2/c1-2-19-18(22)15-10-6-7-11-16(15)20-17(21)13-12-14-8-4-3-5-9-14/h3-11H,2,12-13H2,1H3,(H,19,22)(H,20,21). The maximum atomic E-state index is 12.1. The Morgan fingerprint density at radius 1 is 0.955 bits per heavy atom. The highest BCUT2D eigenvalue weighted by Crippen LogP contribution is 2.15. The molecule has 0 heterocycles. The van der Waals surface area contributed by atoms with E-state index in [1.165, 1.54) is 0 Å². The Kier molecular flexibility index (Phi) is 5.72. The summed E-state index contributed by atoms with van der Waals surface area (Å²) in [5.41, 5.74) is 2.15. The third kappa shape index (κ3) is 4.45. The number of nitrogens with one attached hydrogen (secondary N) is 2. The molecule has 0 aliphatic heterocycles. The molecule has 0 bridgehead atoms. The van der Waals surface area contributed by atoms with Gasteiger partial charge in [-0.3, -0.25) is 9.59 Å². The van der Waals surface area contributed by atoms with Crippen molar-refractivity contribution in [2.24, 2.45) is 0 Å². The van der Waals surface area contributed by atoms with Crippen LogP contribution in [0.4, 0.5) is 5.69 Å². The van der Waals surface area contributed by atoms with Crippen LogP contribution in [0.2, 0.25) is 0 Å². The minimum absolute atomic E-state index is 0.0967. The van der Waals surface area contributed by atoms with Gasteiger partial charge in [0.2, 0.25) is 5.91 Å². The van der Waals surface area contributed by atoms with Crippen molar-refractivity contribution in [3.05, 3.63) is 65.7 Å². The van der Waals surface area contributed by atoms with Gasteiger partial charge >= 0.3 is 0 Å². The summed E-state index contributed by atoms with van der Waals surface area (Å²) in [6.07, 6.45) is 1.06. The van der Waals surface area contributed by atoms with Crippen molar-refractivity contribution in [3.63, 3.8) is 0 Å². The Balaban J connectivity index is 1.98. The maximum absolute atomic E-state index is 12.1. The van der Waals surface area contributed by atoms with E-state index in [-0.39, 0.29) is 11.8 Å². The molecule has 0 fully saturated rings. The Morgan fingerprint density at radius 3 is 2.36 bits per heavy atom. The number of aryl methyl sites for hydroxylation is 1. The van der Waals surface area contributed by atoms with Crippen molar-refractivity contribution in [1.29, 1.82) is 0 Å². The van der Waals surface area contributed by atoms with Crippen molar-refractivity contribution in [2.45, 2.75) is 19.8 Å². The van der Waals surface area contributed by atoms with E-state index in [9.17, 15) is 9.59 Å². The highest BCUT2D eigenvalue weighted by Gasteiger charge is 2.12. The summed E-state index contributed by atoms with van der Waals surface area (Å²) >= 11 is 0. The molecule has 2 aromatic rings. The van der Waals surface area contributed by atoms with E-state index < -0.39 is 0 Å². The largest absolute Gasteiger partial charge is 0.352 e. The molecular weight excluding hydrogens is 276 g/mol. The van der Waals surface area contributed by atoms with E-state index in [2.05, 4.69) is 10.6 Å². The van der Waals surface area contributed by atoms with Gasteiger partial charge < -0.3 is 10.6 Å². The van der Waals surface area contributed by atoms with Gasteiger partial charge in [-0.1, -0.05) is 42.5 Å². The third-order valence-corrected chi connectivity index (χ3v) is 3.27. The molecule has 2 rings (SSSR count). The summed E-state index contributed by atoms with van der Waals surface area (Å²) in [6, 6.07) is 16.9. The number of hydrogen-bond donors (Lipinski definition) is 2. The maximum Gasteiger partial charge on any atom is 0.253 e. The molecule has 0 saturated carbocycles. The summed E-state index contributed by atoms with van der Waals surface area (Å²) in [5, 5.41) is 5.56. The lowest BCUT2D eigenvalue weighted by Crippen LogP contribution is -2.24. The molecule has 2 N–H and O–H groups in total. The summed E-state index contributed by atoms with van der Waals surface area (Å²) in [6.45, 7) is 2.41. The lowest BCUT2D eigenvalue weighted by atomic mass is 10.1. The lowest BCUT2D eigenvalue weighted by molar-refractivity contribution is -0.116. The molecule has 0 aliphatic rings. The zero-order valence-corrected chi connectivity index (χ0v) is 12.6. The second kappa shape index (κ2) is 7.98. The van der Waals surface area contributed by atoms with Crippen molar-refractivity contribution in [1.82, 2.24) is 5.32 Å². The van der Waals surface area contributed by atoms with E-state index in [1.807, 2.05) is 37.3 Å². The van der Waals surface area contributed by atoms with Crippen molar-refractivity contribution >= 4 is 17.5 Å². The SMILES string of the molecule is CCNC(=O)c1ccccc1NC(=O)CCc1ccccc1. The number of amides is 2. The smallest absolute Gasteiger partial charge is 0.253 e. The first-order valence-corrected chi connectivity index (χ1v) is 7.41. The van der Waals surface area contributed by atoms with Gasteiger partial charge in [-0.2, -0.15) is 0 Å². The highest BCUT2D eigenvalue weighted by molar-refractivity contribution is 6.03. The van der Waals surface area contributed by atoms with Gasteiger partial charge in [0.25, 0.3) is 5.91 Å². The molecule has 4 nitrogen and oxygen atoms in total. The first-order chi connectivity index (χ1) is 10.7. The van der Waals surface area contributed by atoms with Crippen LogP contribution in [-0.4, -0.2) is 18.4 Å². The predicted molar refractivity (Wildman–Crippen MR) is 87.8 cm³/mol. The molecule has 0 spiro atoms. The van der Waals surface area contributed by atoms with E-state index >= 15 is 0 Å². The number of anilines is 1. The highest BCUT2D eigenvalue weighted by atomic mass is 16.2. The molecule has 2 amide bonds. The second-order valence-electron chi connectivity index (χ2n) is 4.94. The number of benzene rings is 2. The van der Waals surface area contributed by atoms with Crippen LogP contribution in [0.25, 0.3) is 0 Å². The van der Waals surface area contributed by atoms with E-state index in [4.69, 9.17) is 0 Å². The molecule has 0 aromatic heterocycles. The Hall–Kier alpha value is -2.62. The van der Waals surface area contributed by atoms with Crippen LogP contribution in [0, 0.1) is 0 Å². The van der Waals surface area contributed by atoms with Gasteiger partial charge in [0, 0.05) is 13.0 Å². The van der Waals surface area contributed by atoms with Gasteiger partial charge in [0.05, 0.1) is 11.3 Å². The summed E-state index contributed by atoms with van der Waals surface area (Å²) in [5.74, 6) is -0.276. The Morgan fingerprint density at radius 2 is 1.64 bits per heavy atom. The molecule has 2 aromatic carbocycles. The van der Waals surface area contributed by atoms with Gasteiger partial charge in [0.15, 0.2) is 0 Å². The number of rotatable bonds is 6. The quantitative estimate of drug-likeness (QED) is 0.861. The van der Waals surface area contributed by atoms with Crippen molar-refractivity contribution in [2.75, 3.05) is 11.9 Å². The van der Waals surface area contributed by atoms with E-state index in [0.29, 0.717) is 30.6 Å². The normalized spacial score (nSPS) is 10.0. The fraction of sp³-hybridized carbons (Fsp3) is 0.222. The van der Waals surface area contributed by atoms with Crippen LogP contribution in [0.5, 0.6) is 0 Å². The van der Waals surface area contributed by atoms with Gasteiger partial charge in [-0.15, -0.1) is 0 Å². The molecule has 22 heavy (non-hydrogen) atoms. The van der Waals surface area contributed by atoms with Crippen molar-refractivity contribution in [3.8, 4) is 0 Å². The fourth-order valence-corrected chi connectivity index (χ4v) is 2.16. The zero-order chi connectivity index (χ0) is 15.8. The fourth-order valence-electron chi connectivity index (χ4n) is 2.16. The molecule has 0 aliphatic carbocycles. The van der Waals surface area contributed by atoms with Gasteiger partial charge in [-0.25, -0.2) is 0 Å². The molecule has 0 unspecified atom stereocenters. The monoisotopic (exact) mass is 296 g/mol. The number of hydrogen-bond acceptors (Lipinski definition) is 2. The number of carbonyl (C=O) groups excluding carboxylic acids is 2. The summed E-state index contributed by atoms with van der Waals surface area (Å²) in [4.78, 5) is 24.0. The van der Waals surface area contributed by atoms with E-state index in [1.54, 1.807) is 24.3 Å². The Labute approximate surface area is 130 Å². The third-order valence-electron chi connectivity index (χ3n) is 3.27. The van der Waals surface area contributed by atoms with Crippen molar-refractivity contribution < 1.29 is 9.59 Å². The van der Waals surface area contributed by atoms with E-state index in [0.717, 1.165) is 5.56 Å². The number of para-hydroxylation sites is 1. The molecule has 114 valence electrons. The van der Waals surface area contributed by atoms with Crippen LogP contribution in [0.15, 0.2) is 54.6 Å². The first kappa shape index (κ1) is 15.8. The minimum atomic E-state index is -0.179. The van der Waals surface area contributed by atoms with Gasteiger partial charge in [-0.05, 0) is 31.0 Å². The zero-order valence-electron chi connectivity index (χ0n) is 12.6. The average Bonchev–Trinajstić information content (AvgIpc) is 2.54. The Bertz CT molecular complexity index is 639. The molecule has 4 heteroatoms. The van der Waals surface area contributed by atoms with Crippen LogP contribution < -0.4 is 10.6 Å². The topological polar surface area (TPSA) is 58.2 Å². The molecule has 0 radical (unpaired) electrons. The van der Waals surface area contributed by atoms with Crippen LogP contribution >= 0.6 is 0 Å². The lowest BCUT2D eigenvalue weighted by Gasteiger charge is -2.10. The van der Waals surface area contributed by atoms with Crippen LogP contribution in [0.1, 0.15) is 29.3 Å². The molecular formula is C18H20N2O2. The number of carbonyl (C=O) groups is 2. The summed E-state index contributed by atoms with van der Waals surface area (Å²) < 4.78 is 0. The minimum Gasteiger partial charge on any atom is -0.352 e. The summed E-state index contributed by atoms with van der Waals surface area (Å²) in [7, 11) is 0. The average molecular weight is 296 g/mol. The van der Waals surface area contributed by atoms with Gasteiger partial charge in [0.1, 0.15) is 0 Å². The molecule has 0 saturated heterocycles. The predicted octanol–water partition coefficient (Wildman–Crippen LogP) is 3.01. The second-order valence-corrected chi connectivity index (χ2v) is 4.94.